The first kappa shape index (κ1) is 19.1. The maximum absolute atomic E-state index is 8.56. The fourth-order valence-electron chi connectivity index (χ4n) is 2.09. The maximum atomic E-state index is 8.56. The first-order valence-corrected chi connectivity index (χ1v) is 8.64. The van der Waals surface area contributed by atoms with Crippen molar-refractivity contribution in [2.24, 2.45) is 11.3 Å². The Hall–Kier alpha value is 0.0300. The number of carbonyl (C=O) groups is 1. The second-order valence-corrected chi connectivity index (χ2v) is 9.34. The van der Waals surface area contributed by atoms with Crippen LogP contribution in [0, 0.1) is 11.3 Å². The van der Waals surface area contributed by atoms with Crippen LogP contribution in [0.4, 0.5) is 4.79 Å². The van der Waals surface area contributed by atoms with Gasteiger partial charge in [0.05, 0.1) is 4.83 Å². The van der Waals surface area contributed by atoms with Gasteiger partial charge in [-0.2, -0.15) is 0 Å². The Labute approximate surface area is 150 Å². The lowest BCUT2D eigenvalue weighted by Crippen LogP contribution is -2.26. The van der Waals surface area contributed by atoms with E-state index in [9.17, 15) is 0 Å². The van der Waals surface area contributed by atoms with Crippen LogP contribution < -0.4 is 0 Å². The molecule has 0 aliphatic heterocycles. The second kappa shape index (κ2) is 7.07. The molecule has 0 aromatic heterocycles. The highest BCUT2D eigenvalue weighted by molar-refractivity contribution is 9.12. The fraction of sp³-hybridized carbons (Fsp3) is 0.500. The quantitative estimate of drug-likeness (QED) is 0.529. The van der Waals surface area contributed by atoms with E-state index in [1.165, 1.54) is 6.42 Å². The van der Waals surface area contributed by atoms with Crippen molar-refractivity contribution < 1.29 is 15.0 Å². The van der Waals surface area contributed by atoms with Crippen molar-refractivity contribution in [1.82, 2.24) is 0 Å². The summed E-state index contributed by atoms with van der Waals surface area (Å²) >= 11 is 19.9. The number of hydrogen-bond acceptors (Lipinski definition) is 1. The van der Waals surface area contributed by atoms with Crippen molar-refractivity contribution in [3.8, 4) is 0 Å². The van der Waals surface area contributed by atoms with Gasteiger partial charge in [-0.1, -0.05) is 69.4 Å². The van der Waals surface area contributed by atoms with Crippen molar-refractivity contribution in [2.75, 3.05) is 0 Å². The minimum Gasteiger partial charge on any atom is -0.450 e. The highest BCUT2D eigenvalue weighted by atomic mass is 79.9. The van der Waals surface area contributed by atoms with Crippen LogP contribution in [0.1, 0.15) is 25.8 Å². The highest BCUT2D eigenvalue weighted by Crippen LogP contribution is 2.61. The zero-order chi connectivity index (χ0) is 16.4. The van der Waals surface area contributed by atoms with E-state index in [0.717, 1.165) is 10.6 Å². The van der Waals surface area contributed by atoms with Gasteiger partial charge in [-0.3, -0.25) is 0 Å². The van der Waals surface area contributed by atoms with Crippen molar-refractivity contribution in [1.29, 1.82) is 0 Å². The van der Waals surface area contributed by atoms with Crippen LogP contribution in [0.3, 0.4) is 0 Å². The molecule has 3 atom stereocenters. The van der Waals surface area contributed by atoms with Crippen LogP contribution in [0.25, 0.3) is 0 Å². The van der Waals surface area contributed by atoms with Crippen LogP contribution in [0.2, 0.25) is 5.02 Å². The third-order valence-corrected chi connectivity index (χ3v) is 7.38. The molecule has 1 fully saturated rings. The fourth-order valence-corrected chi connectivity index (χ4v) is 4.25. The lowest BCUT2D eigenvalue weighted by atomic mass is 10.0. The largest absolute Gasteiger partial charge is 0.503 e. The number of rotatable bonds is 3. The number of benzene rings is 1. The lowest BCUT2D eigenvalue weighted by molar-refractivity contribution is 0.137. The molecule has 21 heavy (non-hydrogen) atoms. The Morgan fingerprint density at radius 2 is 1.76 bits per heavy atom. The van der Waals surface area contributed by atoms with Gasteiger partial charge in [-0.15, -0.1) is 11.6 Å². The van der Waals surface area contributed by atoms with E-state index in [2.05, 4.69) is 45.7 Å². The molecule has 1 aliphatic carbocycles. The molecule has 1 unspecified atom stereocenters. The summed E-state index contributed by atoms with van der Waals surface area (Å²) in [6.07, 6.45) is -0.628. The van der Waals surface area contributed by atoms with Gasteiger partial charge in [-0.25, -0.2) is 4.79 Å². The molecule has 0 spiro atoms. The van der Waals surface area contributed by atoms with Gasteiger partial charge < -0.3 is 10.2 Å². The molecule has 1 aromatic rings. The molecule has 0 amide bonds. The van der Waals surface area contributed by atoms with Crippen LogP contribution in [0.5, 0.6) is 0 Å². The van der Waals surface area contributed by atoms with Gasteiger partial charge in [0.2, 0.25) is 0 Å². The Bertz CT molecular complexity index is 499. The van der Waals surface area contributed by atoms with E-state index in [1.807, 2.05) is 24.3 Å². The number of carboxylic acid groups (broad SMARTS) is 2. The summed E-state index contributed by atoms with van der Waals surface area (Å²) < 4.78 is -0.573. The summed E-state index contributed by atoms with van der Waals surface area (Å²) in [4.78, 5) is 8.76. The highest BCUT2D eigenvalue weighted by Gasteiger charge is 2.55. The minimum atomic E-state index is -1.83. The molecule has 118 valence electrons. The van der Waals surface area contributed by atoms with E-state index >= 15 is 0 Å². The summed E-state index contributed by atoms with van der Waals surface area (Å²) in [5.74, 6) is 0.593. The summed E-state index contributed by atoms with van der Waals surface area (Å²) in [5.41, 5.74) is 1.42. The zero-order valence-corrected chi connectivity index (χ0v) is 16.2. The van der Waals surface area contributed by atoms with Crippen molar-refractivity contribution in [2.45, 2.75) is 28.9 Å². The lowest BCUT2D eigenvalue weighted by Gasteiger charge is -2.27. The van der Waals surface area contributed by atoms with E-state index in [1.54, 1.807) is 0 Å². The smallest absolute Gasteiger partial charge is 0.450 e. The number of alkyl halides is 3. The average molecular weight is 463 g/mol. The summed E-state index contributed by atoms with van der Waals surface area (Å²) in [7, 11) is 0. The van der Waals surface area contributed by atoms with Gasteiger partial charge >= 0.3 is 6.16 Å². The van der Waals surface area contributed by atoms with E-state index in [-0.39, 0.29) is 4.83 Å². The molecule has 3 nitrogen and oxygen atoms in total. The Kier molecular flexibility index (Phi) is 6.42. The number of hydrogen-bond donors (Lipinski definition) is 2. The van der Waals surface area contributed by atoms with Crippen LogP contribution in [-0.4, -0.2) is 21.2 Å². The Morgan fingerprint density at radius 3 is 2.10 bits per heavy atom. The van der Waals surface area contributed by atoms with E-state index in [0.29, 0.717) is 11.3 Å². The molecule has 1 saturated carbocycles. The molecule has 2 N–H and O–H groups in total. The normalized spacial score (nSPS) is 23.2. The standard InChI is InChI=1S/C13H14Br2Cl2.CH2O3/c1-12(2)7-10(12)11(14)13(15,17)8-3-5-9(16)6-4-8;2-1(3)4/h3-6,10-11H,7H2,1-2H3;(H2,2,3,4)/t10?,11-,13-;/m0./s1. The van der Waals surface area contributed by atoms with Crippen LogP contribution in [0.15, 0.2) is 24.3 Å². The first-order valence-electron chi connectivity index (χ1n) is 6.18. The van der Waals surface area contributed by atoms with Gasteiger partial charge in [0.1, 0.15) is 3.78 Å². The molecular weight excluding hydrogens is 447 g/mol. The predicted octanol–water partition coefficient (Wildman–Crippen LogP) is 6.16. The van der Waals surface area contributed by atoms with E-state index < -0.39 is 9.94 Å². The van der Waals surface area contributed by atoms with Gasteiger partial charge in [0.15, 0.2) is 0 Å². The molecule has 0 saturated heterocycles. The zero-order valence-electron chi connectivity index (χ0n) is 11.5. The topological polar surface area (TPSA) is 57.5 Å². The molecule has 1 aliphatic rings. The van der Waals surface area contributed by atoms with Gasteiger partial charge in [0, 0.05) is 5.02 Å². The molecule has 7 heteroatoms. The Balaban J connectivity index is 0.000000491. The molecule has 0 heterocycles. The number of halogens is 4. The molecular formula is C14H16Br2Cl2O3. The van der Waals surface area contributed by atoms with Gasteiger partial charge in [-0.05, 0) is 35.4 Å². The SMILES string of the molecule is CC1(C)CC1[C@H](Br)[C@](Cl)(Br)c1ccc(Cl)cc1.O=C(O)O. The second-order valence-electron chi connectivity index (χ2n) is 5.61. The Morgan fingerprint density at radius 1 is 1.38 bits per heavy atom. The first-order chi connectivity index (χ1) is 9.48. The van der Waals surface area contributed by atoms with Crippen molar-refractivity contribution >= 4 is 61.2 Å². The molecule has 1 aromatic carbocycles. The molecule has 0 bridgehead atoms. The average Bonchev–Trinajstić information content (AvgIpc) is 2.97. The minimum absolute atomic E-state index is 0.202. The molecule has 2 rings (SSSR count). The summed E-state index contributed by atoms with van der Waals surface area (Å²) in [6, 6.07) is 7.67. The molecule has 0 radical (unpaired) electrons. The van der Waals surface area contributed by atoms with Gasteiger partial charge in [0.25, 0.3) is 0 Å². The van der Waals surface area contributed by atoms with Crippen molar-refractivity contribution in [3.05, 3.63) is 34.9 Å². The summed E-state index contributed by atoms with van der Waals surface area (Å²) in [6.45, 7) is 4.54. The monoisotopic (exact) mass is 460 g/mol. The van der Waals surface area contributed by atoms with E-state index in [4.69, 9.17) is 38.2 Å². The van der Waals surface area contributed by atoms with Crippen LogP contribution >= 0.6 is 55.1 Å². The predicted molar refractivity (Wildman–Crippen MR) is 93.2 cm³/mol. The third-order valence-electron chi connectivity index (χ3n) is 3.52. The maximum Gasteiger partial charge on any atom is 0.503 e. The van der Waals surface area contributed by atoms with Crippen LogP contribution in [-0.2, 0) is 3.78 Å². The third kappa shape index (κ3) is 5.31. The summed E-state index contributed by atoms with van der Waals surface area (Å²) in [5, 5.41) is 14.7. The van der Waals surface area contributed by atoms with Crippen molar-refractivity contribution in [3.63, 3.8) is 0 Å².